The van der Waals surface area contributed by atoms with E-state index >= 15 is 0 Å². The maximum Gasteiger partial charge on any atom is 0.252 e. The van der Waals surface area contributed by atoms with E-state index in [-0.39, 0.29) is 17.8 Å². The first-order chi connectivity index (χ1) is 9.54. The Morgan fingerprint density at radius 1 is 1.60 bits per heavy atom. The lowest BCUT2D eigenvalue weighted by atomic mass is 10.2. The minimum Gasteiger partial charge on any atom is -0.395 e. The van der Waals surface area contributed by atoms with Crippen molar-refractivity contribution in [2.24, 2.45) is 0 Å². The summed E-state index contributed by atoms with van der Waals surface area (Å²) in [5, 5.41) is 13.3. The summed E-state index contributed by atoms with van der Waals surface area (Å²) in [6.45, 7) is 2.46. The number of aliphatic hydroxyl groups is 1. The molecule has 0 saturated heterocycles. The molecule has 0 fully saturated rings. The molecule has 110 valence electrons. The predicted octanol–water partition coefficient (Wildman–Crippen LogP) is 1.37. The molecule has 0 saturated carbocycles. The molecule has 1 amide bonds. The second kappa shape index (κ2) is 8.90. The average Bonchev–Trinajstić information content (AvgIpc) is 2.87. The van der Waals surface area contributed by atoms with Gasteiger partial charge >= 0.3 is 0 Å². The van der Waals surface area contributed by atoms with Gasteiger partial charge in [-0.15, -0.1) is 11.3 Å². The van der Waals surface area contributed by atoms with Gasteiger partial charge in [0.05, 0.1) is 17.0 Å². The molecule has 6 heteroatoms. The van der Waals surface area contributed by atoms with Gasteiger partial charge in [0, 0.05) is 40.7 Å². The zero-order valence-corrected chi connectivity index (χ0v) is 13.3. The van der Waals surface area contributed by atoms with Crippen LogP contribution in [-0.4, -0.2) is 39.9 Å². The molecule has 0 spiro atoms. The van der Waals surface area contributed by atoms with Crippen molar-refractivity contribution in [3.8, 4) is 11.8 Å². The van der Waals surface area contributed by atoms with Crippen LogP contribution in [0.3, 0.4) is 0 Å². The molecule has 4 nitrogen and oxygen atoms in total. The number of nitrogens with one attached hydrogen (secondary N) is 1. The van der Waals surface area contributed by atoms with Crippen LogP contribution in [0.1, 0.15) is 35.0 Å². The number of carbonyl (C=O) groups excluding carboxylic acids is 1. The van der Waals surface area contributed by atoms with E-state index in [0.29, 0.717) is 24.9 Å². The van der Waals surface area contributed by atoms with Crippen LogP contribution >= 0.6 is 11.3 Å². The predicted molar refractivity (Wildman–Crippen MR) is 83.4 cm³/mol. The first-order valence-electron chi connectivity index (χ1n) is 6.33. The fraction of sp³-hybridized carbons (Fsp3) is 0.500. The molecule has 2 unspecified atom stereocenters. The Hall–Kier alpha value is -1.16. The van der Waals surface area contributed by atoms with Gasteiger partial charge in [-0.2, -0.15) is 0 Å². The smallest absolute Gasteiger partial charge is 0.252 e. The fourth-order valence-electron chi connectivity index (χ4n) is 1.38. The zero-order valence-electron chi connectivity index (χ0n) is 11.6. The molecule has 2 atom stereocenters. The molecule has 1 aromatic heterocycles. The third-order valence-corrected chi connectivity index (χ3v) is 4.93. The number of amides is 1. The van der Waals surface area contributed by atoms with Crippen molar-refractivity contribution in [2.75, 3.05) is 19.4 Å². The van der Waals surface area contributed by atoms with Gasteiger partial charge in [0.25, 0.3) is 5.91 Å². The number of hydrogen-bond donors (Lipinski definition) is 2. The van der Waals surface area contributed by atoms with Gasteiger partial charge in [-0.3, -0.25) is 9.00 Å². The average molecular weight is 313 g/mol. The van der Waals surface area contributed by atoms with Gasteiger partial charge in [-0.1, -0.05) is 18.8 Å². The van der Waals surface area contributed by atoms with Crippen LogP contribution in [0.25, 0.3) is 0 Å². The van der Waals surface area contributed by atoms with Crippen molar-refractivity contribution < 1.29 is 14.1 Å². The highest BCUT2D eigenvalue weighted by Crippen LogP contribution is 2.13. The number of aliphatic hydroxyl groups excluding tert-OH is 1. The molecule has 2 N–H and O–H groups in total. The number of rotatable bonds is 6. The van der Waals surface area contributed by atoms with E-state index in [1.165, 1.54) is 11.3 Å². The third-order valence-electron chi connectivity index (χ3n) is 2.71. The number of carbonyl (C=O) groups is 1. The van der Waals surface area contributed by atoms with Crippen LogP contribution in [0, 0.1) is 11.8 Å². The highest BCUT2D eigenvalue weighted by atomic mass is 32.2. The Balaban J connectivity index is 2.45. The van der Waals surface area contributed by atoms with Gasteiger partial charge in [-0.25, -0.2) is 0 Å². The Labute approximate surface area is 126 Å². The standard InChI is InChI=1S/C14H19NO3S2/c1-11(20(2)18)6-7-15-14(17)12-9-13(19-10-12)5-3-4-8-16/h9-11,16H,4,6-8H2,1-2H3,(H,15,17). The van der Waals surface area contributed by atoms with Crippen LogP contribution in [0.2, 0.25) is 0 Å². The highest BCUT2D eigenvalue weighted by Gasteiger charge is 2.10. The summed E-state index contributed by atoms with van der Waals surface area (Å²) in [5.74, 6) is 5.58. The van der Waals surface area contributed by atoms with E-state index in [2.05, 4.69) is 17.2 Å². The molecule has 1 rings (SSSR count). The summed E-state index contributed by atoms with van der Waals surface area (Å²) >= 11 is 1.41. The van der Waals surface area contributed by atoms with Crippen molar-refractivity contribution in [1.29, 1.82) is 0 Å². The van der Waals surface area contributed by atoms with Gasteiger partial charge in [0.15, 0.2) is 0 Å². The van der Waals surface area contributed by atoms with E-state index in [1.807, 2.05) is 6.92 Å². The summed E-state index contributed by atoms with van der Waals surface area (Å²) in [6.07, 6.45) is 2.80. The molecule has 0 bridgehead atoms. The molecular weight excluding hydrogens is 294 g/mol. The van der Waals surface area contributed by atoms with Crippen LogP contribution in [0.15, 0.2) is 11.4 Å². The zero-order chi connectivity index (χ0) is 15.0. The van der Waals surface area contributed by atoms with Crippen LogP contribution in [0.4, 0.5) is 0 Å². The molecule has 0 aromatic carbocycles. The molecular formula is C14H19NO3S2. The second-order valence-electron chi connectivity index (χ2n) is 4.33. The Kier molecular flexibility index (Phi) is 7.52. The largest absolute Gasteiger partial charge is 0.395 e. The summed E-state index contributed by atoms with van der Waals surface area (Å²) in [7, 11) is -0.858. The normalized spacial score (nSPS) is 13.2. The van der Waals surface area contributed by atoms with Crippen molar-refractivity contribution in [2.45, 2.75) is 25.0 Å². The lowest BCUT2D eigenvalue weighted by Gasteiger charge is -2.08. The summed E-state index contributed by atoms with van der Waals surface area (Å²) in [4.78, 5) is 12.7. The fourth-order valence-corrected chi connectivity index (χ4v) is 2.59. The summed E-state index contributed by atoms with van der Waals surface area (Å²) < 4.78 is 11.2. The van der Waals surface area contributed by atoms with Gasteiger partial charge in [0.1, 0.15) is 0 Å². The van der Waals surface area contributed by atoms with Crippen LogP contribution < -0.4 is 5.32 Å². The van der Waals surface area contributed by atoms with E-state index < -0.39 is 10.8 Å². The third kappa shape index (κ3) is 5.87. The van der Waals surface area contributed by atoms with E-state index in [4.69, 9.17) is 5.11 Å². The number of thiophene rings is 1. The molecule has 1 aromatic rings. The van der Waals surface area contributed by atoms with Gasteiger partial charge < -0.3 is 10.4 Å². The van der Waals surface area contributed by atoms with Crippen molar-refractivity contribution in [3.63, 3.8) is 0 Å². The summed E-state index contributed by atoms with van der Waals surface area (Å²) in [5.41, 5.74) is 0.591. The van der Waals surface area contributed by atoms with Crippen molar-refractivity contribution >= 4 is 28.0 Å². The molecule has 0 aliphatic carbocycles. The minimum absolute atomic E-state index is 0.0443. The maximum absolute atomic E-state index is 11.9. The van der Waals surface area contributed by atoms with Crippen molar-refractivity contribution in [1.82, 2.24) is 5.32 Å². The SMILES string of the molecule is CC(CCNC(=O)c1csc(C#CCCO)c1)S(C)=O. The van der Waals surface area contributed by atoms with Gasteiger partial charge in [-0.05, 0) is 12.5 Å². The van der Waals surface area contributed by atoms with E-state index in [1.54, 1.807) is 17.7 Å². The van der Waals surface area contributed by atoms with E-state index in [9.17, 15) is 9.00 Å². The van der Waals surface area contributed by atoms with E-state index in [0.717, 1.165) is 4.88 Å². The first-order valence-corrected chi connectivity index (χ1v) is 8.83. The van der Waals surface area contributed by atoms with Crippen LogP contribution in [-0.2, 0) is 10.8 Å². The molecule has 0 aliphatic heterocycles. The Bertz CT molecular complexity index is 528. The molecule has 0 radical (unpaired) electrons. The monoisotopic (exact) mass is 313 g/mol. The first kappa shape index (κ1) is 16.9. The highest BCUT2D eigenvalue weighted by molar-refractivity contribution is 7.84. The second-order valence-corrected chi connectivity index (χ2v) is 7.04. The van der Waals surface area contributed by atoms with Crippen LogP contribution in [0.5, 0.6) is 0 Å². The maximum atomic E-state index is 11.9. The van der Waals surface area contributed by atoms with Crippen molar-refractivity contribution in [3.05, 3.63) is 21.9 Å². The lowest BCUT2D eigenvalue weighted by molar-refractivity contribution is 0.0953. The quantitative estimate of drug-likeness (QED) is 0.780. The summed E-state index contributed by atoms with van der Waals surface area (Å²) in [6, 6.07) is 1.74. The van der Waals surface area contributed by atoms with Gasteiger partial charge in [0.2, 0.25) is 0 Å². The minimum atomic E-state index is -0.858. The lowest BCUT2D eigenvalue weighted by Crippen LogP contribution is -2.27. The molecule has 1 heterocycles. The molecule has 20 heavy (non-hydrogen) atoms. The Morgan fingerprint density at radius 2 is 2.35 bits per heavy atom. The Morgan fingerprint density at radius 3 is 3.00 bits per heavy atom. The topological polar surface area (TPSA) is 66.4 Å². The number of hydrogen-bond acceptors (Lipinski definition) is 4. The molecule has 0 aliphatic rings.